The van der Waals surface area contributed by atoms with E-state index in [1.54, 1.807) is 21.3 Å². The van der Waals surface area contributed by atoms with E-state index in [-0.39, 0.29) is 10.8 Å². The molecule has 1 unspecified atom stereocenters. The average molecular weight is 466 g/mol. The van der Waals surface area contributed by atoms with Crippen LogP contribution < -0.4 is 9.80 Å². The number of carbonyl (C=O) groups excluding carboxylic acids is 1. The molecule has 0 aliphatic carbocycles. The maximum absolute atomic E-state index is 13.4. The number of aromatic nitrogens is 2. The zero-order valence-corrected chi connectivity index (χ0v) is 19.6. The van der Waals surface area contributed by atoms with Gasteiger partial charge in [-0.25, -0.2) is 18.4 Å². The summed E-state index contributed by atoms with van der Waals surface area (Å²) in [7, 11) is -1.63. The second-order valence-corrected chi connectivity index (χ2v) is 10.8. The van der Waals surface area contributed by atoms with Gasteiger partial charge in [0, 0.05) is 38.8 Å². The number of para-hydroxylation sites is 2. The molecule has 0 spiro atoms. The summed E-state index contributed by atoms with van der Waals surface area (Å²) in [6.07, 6.45) is 1.92. The van der Waals surface area contributed by atoms with Crippen molar-refractivity contribution in [3.05, 3.63) is 54.1 Å². The SMILES string of the molecule is CC1CCCN(S(=O)(=O)c2ccc(C(=O)N3CCN(C)c4nc5ccccc5nc43)cc2)C1. The van der Waals surface area contributed by atoms with E-state index in [0.717, 1.165) is 23.9 Å². The van der Waals surface area contributed by atoms with E-state index >= 15 is 0 Å². The number of amides is 1. The zero-order chi connectivity index (χ0) is 23.2. The molecule has 172 valence electrons. The predicted molar refractivity (Wildman–Crippen MR) is 128 cm³/mol. The zero-order valence-electron chi connectivity index (χ0n) is 18.8. The van der Waals surface area contributed by atoms with Crippen molar-refractivity contribution < 1.29 is 13.2 Å². The summed E-state index contributed by atoms with van der Waals surface area (Å²) in [5.74, 6) is 1.31. The van der Waals surface area contributed by atoms with Crippen molar-refractivity contribution in [3.63, 3.8) is 0 Å². The molecule has 8 nitrogen and oxygen atoms in total. The first-order valence-corrected chi connectivity index (χ1v) is 12.7. The molecule has 0 saturated carbocycles. The van der Waals surface area contributed by atoms with Crippen molar-refractivity contribution in [2.75, 3.05) is 43.0 Å². The van der Waals surface area contributed by atoms with Crippen LogP contribution in [0.2, 0.25) is 0 Å². The molecule has 0 bridgehead atoms. The highest BCUT2D eigenvalue weighted by molar-refractivity contribution is 7.89. The summed E-state index contributed by atoms with van der Waals surface area (Å²) >= 11 is 0. The number of anilines is 2. The van der Waals surface area contributed by atoms with Crippen LogP contribution >= 0.6 is 0 Å². The first kappa shape index (κ1) is 21.8. The number of hydrogen-bond acceptors (Lipinski definition) is 6. The lowest BCUT2D eigenvalue weighted by Crippen LogP contribution is -2.43. The van der Waals surface area contributed by atoms with Gasteiger partial charge in [-0.15, -0.1) is 0 Å². The van der Waals surface area contributed by atoms with Gasteiger partial charge in [0.25, 0.3) is 5.91 Å². The maximum Gasteiger partial charge on any atom is 0.259 e. The van der Waals surface area contributed by atoms with Gasteiger partial charge < -0.3 is 4.90 Å². The summed E-state index contributed by atoms with van der Waals surface area (Å²) in [6.45, 7) is 4.25. The quantitative estimate of drug-likeness (QED) is 0.591. The standard InChI is InChI=1S/C24H27N5O3S/c1-17-6-5-13-28(16-17)33(31,32)19-11-9-18(10-12-19)24(30)29-15-14-27(2)22-23(29)26-21-8-4-3-7-20(21)25-22/h3-4,7-12,17H,5-6,13-16H2,1-2H3. The first-order chi connectivity index (χ1) is 15.8. The third-order valence-corrected chi connectivity index (χ3v) is 8.29. The molecule has 33 heavy (non-hydrogen) atoms. The molecule has 9 heteroatoms. The molecule has 1 saturated heterocycles. The molecule has 1 atom stereocenters. The van der Waals surface area contributed by atoms with Gasteiger partial charge in [0.15, 0.2) is 11.6 Å². The van der Waals surface area contributed by atoms with Gasteiger partial charge in [-0.1, -0.05) is 19.1 Å². The van der Waals surface area contributed by atoms with E-state index in [1.165, 1.54) is 12.1 Å². The van der Waals surface area contributed by atoms with Gasteiger partial charge in [0.05, 0.1) is 15.9 Å². The molecular weight excluding hydrogens is 438 g/mol. The molecule has 2 aromatic carbocycles. The number of hydrogen-bond donors (Lipinski definition) is 0. The number of likely N-dealkylation sites (N-methyl/N-ethyl adjacent to an activating group) is 1. The Morgan fingerprint density at radius 3 is 2.27 bits per heavy atom. The lowest BCUT2D eigenvalue weighted by atomic mass is 10.0. The van der Waals surface area contributed by atoms with Crippen LogP contribution in [0.4, 0.5) is 11.6 Å². The molecule has 0 N–H and O–H groups in total. The third-order valence-electron chi connectivity index (χ3n) is 6.41. The van der Waals surface area contributed by atoms with Crippen molar-refractivity contribution in [3.8, 4) is 0 Å². The van der Waals surface area contributed by atoms with Crippen molar-refractivity contribution in [2.24, 2.45) is 5.92 Å². The van der Waals surface area contributed by atoms with Gasteiger partial charge >= 0.3 is 0 Å². The van der Waals surface area contributed by atoms with Crippen molar-refractivity contribution >= 4 is 38.6 Å². The van der Waals surface area contributed by atoms with E-state index in [4.69, 9.17) is 9.97 Å². The summed E-state index contributed by atoms with van der Waals surface area (Å²) in [5.41, 5.74) is 1.92. The molecule has 3 heterocycles. The highest BCUT2D eigenvalue weighted by Crippen LogP contribution is 2.32. The second-order valence-electron chi connectivity index (χ2n) is 8.87. The first-order valence-electron chi connectivity index (χ1n) is 11.2. The Hall–Kier alpha value is -3.04. The molecule has 1 amide bonds. The largest absolute Gasteiger partial charge is 0.355 e. The summed E-state index contributed by atoms with van der Waals surface area (Å²) in [4.78, 5) is 26.7. The molecule has 1 aromatic heterocycles. The van der Waals surface area contributed by atoms with Crippen LogP contribution in [-0.2, 0) is 10.0 Å². The number of carbonyl (C=O) groups is 1. The maximum atomic E-state index is 13.4. The number of piperidine rings is 1. The molecular formula is C24H27N5O3S. The fourth-order valence-electron chi connectivity index (χ4n) is 4.52. The Labute approximate surface area is 193 Å². The molecule has 1 fully saturated rings. The average Bonchev–Trinajstić information content (AvgIpc) is 2.83. The summed E-state index contributed by atoms with van der Waals surface area (Å²) in [5, 5.41) is 0. The van der Waals surface area contributed by atoms with Crippen molar-refractivity contribution in [1.82, 2.24) is 14.3 Å². The predicted octanol–water partition coefficient (Wildman–Crippen LogP) is 3.15. The highest BCUT2D eigenvalue weighted by atomic mass is 32.2. The fourth-order valence-corrected chi connectivity index (χ4v) is 6.12. The highest BCUT2D eigenvalue weighted by Gasteiger charge is 2.31. The van der Waals surface area contributed by atoms with Crippen LogP contribution in [0.1, 0.15) is 30.1 Å². The van der Waals surface area contributed by atoms with Gasteiger partial charge in [-0.05, 0) is 55.2 Å². The molecule has 3 aromatic rings. The molecule has 2 aliphatic heterocycles. The minimum Gasteiger partial charge on any atom is -0.355 e. The molecule has 2 aliphatic rings. The van der Waals surface area contributed by atoms with E-state index in [1.807, 2.05) is 36.2 Å². The Morgan fingerprint density at radius 1 is 0.939 bits per heavy atom. The normalized spacial score (nSPS) is 19.5. The molecule has 5 rings (SSSR count). The topological polar surface area (TPSA) is 86.7 Å². The van der Waals surface area contributed by atoms with Crippen LogP contribution in [-0.4, -0.2) is 61.8 Å². The van der Waals surface area contributed by atoms with Crippen molar-refractivity contribution in [2.45, 2.75) is 24.7 Å². The Bertz CT molecular complexity index is 1310. The van der Waals surface area contributed by atoms with Gasteiger partial charge in [0.2, 0.25) is 10.0 Å². The van der Waals surface area contributed by atoms with Crippen LogP contribution in [0.25, 0.3) is 11.0 Å². The van der Waals surface area contributed by atoms with Gasteiger partial charge in [-0.3, -0.25) is 9.69 Å². The van der Waals surface area contributed by atoms with E-state index in [2.05, 4.69) is 6.92 Å². The van der Waals surface area contributed by atoms with Crippen LogP contribution in [0.3, 0.4) is 0 Å². The van der Waals surface area contributed by atoms with Crippen molar-refractivity contribution in [1.29, 1.82) is 0 Å². The smallest absolute Gasteiger partial charge is 0.259 e. The second kappa shape index (κ2) is 8.39. The van der Waals surface area contributed by atoms with Crippen LogP contribution in [0, 0.1) is 5.92 Å². The van der Waals surface area contributed by atoms with Gasteiger partial charge in [0.1, 0.15) is 0 Å². The number of fused-ring (bicyclic) bond motifs is 2. The number of rotatable bonds is 3. The van der Waals surface area contributed by atoms with E-state index in [9.17, 15) is 13.2 Å². The Kier molecular flexibility index (Phi) is 5.54. The summed E-state index contributed by atoms with van der Waals surface area (Å²) < 4.78 is 27.6. The number of sulfonamides is 1. The Balaban J connectivity index is 1.44. The van der Waals surface area contributed by atoms with Crippen LogP contribution in [0.15, 0.2) is 53.4 Å². The minimum atomic E-state index is -3.56. The number of nitrogens with zero attached hydrogens (tertiary/aromatic N) is 5. The minimum absolute atomic E-state index is 0.218. The van der Waals surface area contributed by atoms with Crippen LogP contribution in [0.5, 0.6) is 0 Å². The van der Waals surface area contributed by atoms with E-state index < -0.39 is 10.0 Å². The lowest BCUT2D eigenvalue weighted by molar-refractivity contribution is 0.0985. The van der Waals surface area contributed by atoms with E-state index in [0.29, 0.717) is 49.3 Å². The fraction of sp³-hybridized carbons (Fsp3) is 0.375. The monoisotopic (exact) mass is 465 g/mol. The number of benzene rings is 2. The molecule has 0 radical (unpaired) electrons. The third kappa shape index (κ3) is 3.95. The summed E-state index contributed by atoms with van der Waals surface area (Å²) in [6, 6.07) is 13.8. The lowest BCUT2D eigenvalue weighted by Gasteiger charge is -2.33. The van der Waals surface area contributed by atoms with Gasteiger partial charge in [-0.2, -0.15) is 4.31 Å². The Morgan fingerprint density at radius 2 is 1.61 bits per heavy atom.